The van der Waals surface area contributed by atoms with E-state index in [9.17, 15) is 19.8 Å². The number of carbonyl (C=O) groups excluding carboxylic acids is 2. The van der Waals surface area contributed by atoms with Gasteiger partial charge in [-0.2, -0.15) is 0 Å². The fraction of sp³-hybridized carbons (Fsp3) is 0.615. The Kier molecular flexibility index (Phi) is 10.8. The molecule has 9 nitrogen and oxygen atoms in total. The number of amides is 2. The molecule has 0 spiro atoms. The molecule has 0 heterocycles. The van der Waals surface area contributed by atoms with E-state index >= 15 is 0 Å². The minimum Gasteiger partial charge on any atom is -0.493 e. The zero-order valence-electron chi connectivity index (χ0n) is 20.9. The van der Waals surface area contributed by atoms with Gasteiger partial charge in [0.05, 0.1) is 29.9 Å². The fourth-order valence-corrected chi connectivity index (χ4v) is 5.84. The maximum Gasteiger partial charge on any atom is 0.247 e. The van der Waals surface area contributed by atoms with Crippen LogP contribution in [-0.4, -0.2) is 76.6 Å². The number of methoxy groups -OCH3 is 1. The van der Waals surface area contributed by atoms with Crippen molar-refractivity contribution in [2.75, 3.05) is 20.3 Å². The second kappa shape index (κ2) is 13.6. The molecule has 0 aliphatic heterocycles. The average Bonchev–Trinajstić information content (AvgIpc) is 3.40. The molecule has 0 bridgehead atoms. The summed E-state index contributed by atoms with van der Waals surface area (Å²) in [5.74, 6) is 0.401. The number of aliphatic hydroxyl groups excluding tert-OH is 3. The normalized spacial score (nSPS) is 22.2. The predicted molar refractivity (Wildman–Crippen MR) is 143 cm³/mol. The average molecular weight is 616 g/mol. The summed E-state index contributed by atoms with van der Waals surface area (Å²) in [6, 6.07) is 2.82. The molecule has 3 atom stereocenters. The van der Waals surface area contributed by atoms with Crippen LogP contribution >= 0.6 is 22.6 Å². The molecule has 1 fully saturated rings. The first-order valence-electron chi connectivity index (χ1n) is 12.6. The number of hydrogen-bond donors (Lipinski definition) is 4. The van der Waals surface area contributed by atoms with Crippen molar-refractivity contribution in [1.82, 2.24) is 10.2 Å². The van der Waals surface area contributed by atoms with E-state index in [1.54, 1.807) is 23.1 Å². The molecule has 1 aromatic rings. The first-order chi connectivity index (χ1) is 17.3. The third-order valence-corrected chi connectivity index (χ3v) is 7.57. The summed E-state index contributed by atoms with van der Waals surface area (Å²) in [6.45, 7) is 1.70. The van der Waals surface area contributed by atoms with Crippen molar-refractivity contribution >= 4 is 34.4 Å². The number of ether oxygens (including phenoxy) is 2. The standard InChI is InChI=1S/C26H37IN2O7/c1-3-6-23(32)29(18-7-4-5-8-18)20-13-17(26(34)28-9-10-30)14-21(24(20)33)36-25-19(27)11-16(15-31)12-22(25)35-2/h11-12,14,18,20-21,24,30-31,33H,3-10,13,15H2,1-2H3,(H,28,34). The summed E-state index contributed by atoms with van der Waals surface area (Å²) >= 11 is 2.08. The Hall–Kier alpha value is -1.89. The lowest BCUT2D eigenvalue weighted by atomic mass is 9.87. The van der Waals surface area contributed by atoms with Crippen LogP contribution in [0.2, 0.25) is 0 Å². The Morgan fingerprint density at radius 2 is 1.94 bits per heavy atom. The summed E-state index contributed by atoms with van der Waals surface area (Å²) < 4.78 is 12.4. The Morgan fingerprint density at radius 3 is 2.56 bits per heavy atom. The molecule has 1 aromatic carbocycles. The van der Waals surface area contributed by atoms with Gasteiger partial charge < -0.3 is 35.0 Å². The summed E-state index contributed by atoms with van der Waals surface area (Å²) in [5, 5.41) is 32.9. The smallest absolute Gasteiger partial charge is 0.247 e. The molecule has 4 N–H and O–H groups in total. The maximum absolute atomic E-state index is 13.3. The summed E-state index contributed by atoms with van der Waals surface area (Å²) in [4.78, 5) is 28.0. The van der Waals surface area contributed by atoms with Gasteiger partial charge in [0.1, 0.15) is 12.2 Å². The molecule has 0 radical (unpaired) electrons. The number of aliphatic hydroxyl groups is 3. The van der Waals surface area contributed by atoms with E-state index in [-0.39, 0.29) is 44.0 Å². The molecule has 3 unspecified atom stereocenters. The van der Waals surface area contributed by atoms with Gasteiger partial charge in [-0.15, -0.1) is 0 Å². The van der Waals surface area contributed by atoms with Gasteiger partial charge in [0.15, 0.2) is 11.5 Å². The molecule has 0 aromatic heterocycles. The van der Waals surface area contributed by atoms with Crippen molar-refractivity contribution in [3.05, 3.63) is 32.9 Å². The quantitative estimate of drug-likeness (QED) is 0.281. The zero-order chi connectivity index (χ0) is 26.2. The monoisotopic (exact) mass is 616 g/mol. The van der Waals surface area contributed by atoms with E-state index in [0.29, 0.717) is 39.0 Å². The number of nitrogens with one attached hydrogen (secondary N) is 1. The van der Waals surface area contributed by atoms with E-state index in [1.807, 2.05) is 6.92 Å². The topological polar surface area (TPSA) is 129 Å². The molecule has 36 heavy (non-hydrogen) atoms. The van der Waals surface area contributed by atoms with Crippen LogP contribution in [0.1, 0.15) is 57.4 Å². The first kappa shape index (κ1) is 28.7. The van der Waals surface area contributed by atoms with Crippen LogP contribution in [0, 0.1) is 3.57 Å². The van der Waals surface area contributed by atoms with Gasteiger partial charge in [0.2, 0.25) is 11.8 Å². The zero-order valence-corrected chi connectivity index (χ0v) is 23.1. The number of benzene rings is 1. The second-order valence-corrected chi connectivity index (χ2v) is 10.4. The van der Waals surface area contributed by atoms with Crippen LogP contribution in [0.4, 0.5) is 0 Å². The van der Waals surface area contributed by atoms with Crippen molar-refractivity contribution in [2.24, 2.45) is 0 Å². The number of carbonyl (C=O) groups is 2. The molecule has 200 valence electrons. The Morgan fingerprint density at radius 1 is 1.22 bits per heavy atom. The van der Waals surface area contributed by atoms with Crippen molar-refractivity contribution < 1.29 is 34.4 Å². The van der Waals surface area contributed by atoms with E-state index in [2.05, 4.69) is 27.9 Å². The van der Waals surface area contributed by atoms with E-state index < -0.39 is 18.2 Å². The molecule has 10 heteroatoms. The van der Waals surface area contributed by atoms with Crippen LogP contribution in [0.5, 0.6) is 11.5 Å². The minimum atomic E-state index is -1.07. The SMILES string of the molecule is CCCC(=O)N(C1CCCC1)C1CC(C(=O)NCCO)=CC(Oc2c(I)cc(CO)cc2OC)C1O. The van der Waals surface area contributed by atoms with Gasteiger partial charge in [-0.05, 0) is 65.6 Å². The number of halogens is 1. The maximum atomic E-state index is 13.3. The second-order valence-electron chi connectivity index (χ2n) is 9.27. The highest BCUT2D eigenvalue weighted by Gasteiger charge is 2.43. The lowest BCUT2D eigenvalue weighted by molar-refractivity contribution is -0.142. The Balaban J connectivity index is 2.00. The predicted octanol–water partition coefficient (Wildman–Crippen LogP) is 2.28. The van der Waals surface area contributed by atoms with Gasteiger partial charge in [0.25, 0.3) is 0 Å². The number of rotatable bonds is 11. The highest BCUT2D eigenvalue weighted by atomic mass is 127. The molecule has 2 amide bonds. The van der Waals surface area contributed by atoms with Crippen LogP contribution in [0.3, 0.4) is 0 Å². The summed E-state index contributed by atoms with van der Waals surface area (Å²) in [5.41, 5.74) is 1.06. The van der Waals surface area contributed by atoms with E-state index in [0.717, 1.165) is 25.7 Å². The lowest BCUT2D eigenvalue weighted by Gasteiger charge is -2.43. The van der Waals surface area contributed by atoms with Crippen LogP contribution in [-0.2, 0) is 16.2 Å². The Bertz CT molecular complexity index is 948. The fourth-order valence-electron chi connectivity index (χ4n) is 5.05. The summed E-state index contributed by atoms with van der Waals surface area (Å²) in [6.07, 6.45) is 4.65. The molecule has 0 saturated heterocycles. The number of nitrogens with zero attached hydrogens (tertiary/aromatic N) is 1. The minimum absolute atomic E-state index is 0.0164. The summed E-state index contributed by atoms with van der Waals surface area (Å²) in [7, 11) is 1.49. The van der Waals surface area contributed by atoms with E-state index in [4.69, 9.17) is 14.6 Å². The molecule has 2 aliphatic rings. The van der Waals surface area contributed by atoms with Crippen molar-refractivity contribution in [2.45, 2.75) is 82.8 Å². The van der Waals surface area contributed by atoms with Gasteiger partial charge in [-0.3, -0.25) is 9.59 Å². The van der Waals surface area contributed by atoms with Gasteiger partial charge in [-0.1, -0.05) is 19.8 Å². The van der Waals surface area contributed by atoms with Gasteiger partial charge in [0, 0.05) is 31.0 Å². The van der Waals surface area contributed by atoms with Crippen molar-refractivity contribution in [1.29, 1.82) is 0 Å². The molecule has 3 rings (SSSR count). The highest BCUT2D eigenvalue weighted by molar-refractivity contribution is 14.1. The van der Waals surface area contributed by atoms with Gasteiger partial charge >= 0.3 is 0 Å². The lowest BCUT2D eigenvalue weighted by Crippen LogP contribution is -2.57. The molecule has 2 aliphatic carbocycles. The first-order valence-corrected chi connectivity index (χ1v) is 13.6. The van der Waals surface area contributed by atoms with Crippen molar-refractivity contribution in [3.63, 3.8) is 0 Å². The van der Waals surface area contributed by atoms with Crippen LogP contribution in [0.25, 0.3) is 0 Å². The van der Waals surface area contributed by atoms with E-state index in [1.165, 1.54) is 7.11 Å². The third kappa shape index (κ3) is 6.70. The van der Waals surface area contributed by atoms with Gasteiger partial charge in [-0.25, -0.2) is 0 Å². The highest BCUT2D eigenvalue weighted by Crippen LogP contribution is 2.38. The molecular weight excluding hydrogens is 579 g/mol. The molecular formula is C26H37IN2O7. The van der Waals surface area contributed by atoms with Crippen molar-refractivity contribution in [3.8, 4) is 11.5 Å². The van der Waals surface area contributed by atoms with Crippen LogP contribution in [0.15, 0.2) is 23.8 Å². The third-order valence-electron chi connectivity index (χ3n) is 6.77. The molecule has 1 saturated carbocycles. The van der Waals surface area contributed by atoms with Crippen LogP contribution < -0.4 is 14.8 Å². The Labute approximate surface area is 226 Å². The largest absolute Gasteiger partial charge is 0.493 e. The number of hydrogen-bond acceptors (Lipinski definition) is 7.